The molecule has 0 saturated carbocycles. The lowest BCUT2D eigenvalue weighted by Gasteiger charge is -2.59. The highest BCUT2D eigenvalue weighted by molar-refractivity contribution is 8.01. The van der Waals surface area contributed by atoms with Crippen LogP contribution in [0, 0.1) is 0 Å². The van der Waals surface area contributed by atoms with E-state index in [2.05, 4.69) is 22.4 Å². The molecule has 4 aliphatic rings. The van der Waals surface area contributed by atoms with E-state index >= 15 is 0 Å². The number of fused-ring (bicyclic) bond motifs is 2. The third kappa shape index (κ3) is 0.247. The molecule has 4 fully saturated rings. The monoisotopic (exact) mass is 140 g/mol. The van der Waals surface area contributed by atoms with Gasteiger partial charge in [-0.3, -0.25) is 0 Å². The van der Waals surface area contributed by atoms with Crippen LogP contribution in [0.3, 0.4) is 0 Å². The second-order valence-electron chi connectivity index (χ2n) is 3.50. The van der Waals surface area contributed by atoms with Crippen LogP contribution in [0.1, 0.15) is 0 Å². The Bertz CT molecular complexity index is 146. The minimum Gasteiger partial charge on any atom is -0.306 e. The first-order valence-electron chi connectivity index (χ1n) is 3.63. The average molecular weight is 140 g/mol. The SMILES string of the molecule is N1C2C3NC4C1C2SC34. The maximum absolute atomic E-state index is 3.59. The third-order valence-electron chi connectivity index (χ3n) is 3.27. The van der Waals surface area contributed by atoms with Crippen molar-refractivity contribution >= 4 is 11.8 Å². The summed E-state index contributed by atoms with van der Waals surface area (Å²) >= 11 is 2.22. The molecule has 0 aromatic rings. The molecule has 4 saturated heterocycles. The number of rotatable bonds is 0. The number of hydrogen-bond acceptors (Lipinski definition) is 3. The first-order chi connectivity index (χ1) is 4.45. The minimum atomic E-state index is 0.856. The van der Waals surface area contributed by atoms with E-state index < -0.39 is 0 Å². The van der Waals surface area contributed by atoms with Gasteiger partial charge >= 0.3 is 0 Å². The van der Waals surface area contributed by atoms with Crippen molar-refractivity contribution in [3.63, 3.8) is 0 Å². The highest BCUT2D eigenvalue weighted by atomic mass is 32.2. The summed E-state index contributed by atoms with van der Waals surface area (Å²) in [4.78, 5) is 0. The number of piperidine rings is 2. The molecular weight excluding hydrogens is 132 g/mol. The molecule has 0 aromatic heterocycles. The molecule has 2 N–H and O–H groups in total. The smallest absolute Gasteiger partial charge is 0.0389 e. The number of hydrogen-bond donors (Lipinski definition) is 2. The van der Waals surface area contributed by atoms with E-state index in [4.69, 9.17) is 0 Å². The molecule has 9 heavy (non-hydrogen) atoms. The number of thioether (sulfide) groups is 1. The Labute approximate surface area is 57.8 Å². The van der Waals surface area contributed by atoms with Crippen molar-refractivity contribution in [2.45, 2.75) is 34.7 Å². The van der Waals surface area contributed by atoms with Crippen molar-refractivity contribution in [3.05, 3.63) is 0 Å². The third-order valence-corrected chi connectivity index (χ3v) is 5.08. The van der Waals surface area contributed by atoms with Crippen LogP contribution in [-0.4, -0.2) is 34.7 Å². The lowest BCUT2D eigenvalue weighted by atomic mass is 9.69. The molecule has 2 nitrogen and oxygen atoms in total. The van der Waals surface area contributed by atoms with Crippen LogP contribution in [0.15, 0.2) is 0 Å². The van der Waals surface area contributed by atoms with Crippen molar-refractivity contribution in [1.82, 2.24) is 10.6 Å². The van der Waals surface area contributed by atoms with E-state index in [0.717, 1.165) is 34.7 Å². The summed E-state index contributed by atoms with van der Waals surface area (Å²) in [6.07, 6.45) is 0. The Morgan fingerprint density at radius 3 is 1.44 bits per heavy atom. The van der Waals surface area contributed by atoms with Gasteiger partial charge in [0.2, 0.25) is 0 Å². The van der Waals surface area contributed by atoms with Crippen molar-refractivity contribution in [2.75, 3.05) is 0 Å². The molecule has 0 spiro atoms. The average Bonchev–Trinajstić information content (AvgIpc) is 2.14. The van der Waals surface area contributed by atoms with Crippen LogP contribution in [0.4, 0.5) is 0 Å². The van der Waals surface area contributed by atoms with Crippen molar-refractivity contribution < 1.29 is 0 Å². The zero-order valence-corrected chi connectivity index (χ0v) is 5.69. The molecule has 4 aliphatic heterocycles. The molecule has 4 atom stereocenters. The standard InChI is InChI=1S/C6H8N2S/c7-1-2-6-4(8-2)3(7)5(1)9-6/h1-8H. The summed E-state index contributed by atoms with van der Waals surface area (Å²) in [5.41, 5.74) is 0. The van der Waals surface area contributed by atoms with Gasteiger partial charge in [-0.25, -0.2) is 0 Å². The second-order valence-corrected chi connectivity index (χ2v) is 4.86. The molecular formula is C6H8N2S. The van der Waals surface area contributed by atoms with E-state index in [0.29, 0.717) is 0 Å². The fraction of sp³-hybridized carbons (Fsp3) is 1.00. The van der Waals surface area contributed by atoms with Gasteiger partial charge in [-0.15, -0.1) is 11.8 Å². The fourth-order valence-corrected chi connectivity index (χ4v) is 4.82. The molecule has 48 valence electrons. The van der Waals surface area contributed by atoms with Gasteiger partial charge in [-0.05, 0) is 0 Å². The summed E-state index contributed by atoms with van der Waals surface area (Å²) in [5.74, 6) is 0. The van der Waals surface area contributed by atoms with Crippen LogP contribution in [-0.2, 0) is 0 Å². The lowest BCUT2D eigenvalue weighted by molar-refractivity contribution is 0.0474. The van der Waals surface area contributed by atoms with Crippen LogP contribution in [0.5, 0.6) is 0 Å². The summed E-state index contributed by atoms with van der Waals surface area (Å²) in [6, 6.07) is 3.43. The summed E-state index contributed by atoms with van der Waals surface area (Å²) in [6.45, 7) is 0. The predicted molar refractivity (Wildman–Crippen MR) is 36.6 cm³/mol. The van der Waals surface area contributed by atoms with E-state index in [-0.39, 0.29) is 0 Å². The lowest BCUT2D eigenvalue weighted by Crippen LogP contribution is -2.88. The number of piperazine rings is 1. The second kappa shape index (κ2) is 0.966. The van der Waals surface area contributed by atoms with E-state index in [1.165, 1.54) is 0 Å². The molecule has 0 amide bonds. The van der Waals surface area contributed by atoms with E-state index in [1.54, 1.807) is 0 Å². The first-order valence-corrected chi connectivity index (χ1v) is 4.57. The fourth-order valence-electron chi connectivity index (χ4n) is 2.79. The Balaban J connectivity index is 1.97. The van der Waals surface area contributed by atoms with Crippen molar-refractivity contribution in [2.24, 2.45) is 0 Å². The highest BCUT2D eigenvalue weighted by Crippen LogP contribution is 2.57. The quantitative estimate of drug-likeness (QED) is 0.459. The van der Waals surface area contributed by atoms with Crippen LogP contribution in [0.2, 0.25) is 0 Å². The molecule has 4 rings (SSSR count). The zero-order valence-electron chi connectivity index (χ0n) is 4.87. The maximum atomic E-state index is 3.59. The molecule has 0 radical (unpaired) electrons. The minimum absolute atomic E-state index is 0.856. The van der Waals surface area contributed by atoms with Crippen LogP contribution >= 0.6 is 11.8 Å². The molecule has 0 aromatic carbocycles. The summed E-state index contributed by atoms with van der Waals surface area (Å²) in [7, 11) is 0. The molecule has 4 heterocycles. The van der Waals surface area contributed by atoms with Gasteiger partial charge in [-0.1, -0.05) is 0 Å². The molecule has 3 heteroatoms. The van der Waals surface area contributed by atoms with Gasteiger partial charge in [0.05, 0.1) is 0 Å². The number of nitrogens with one attached hydrogen (secondary N) is 2. The summed E-state index contributed by atoms with van der Waals surface area (Å²) in [5, 5.41) is 9.19. The largest absolute Gasteiger partial charge is 0.306 e. The van der Waals surface area contributed by atoms with Gasteiger partial charge in [0, 0.05) is 34.7 Å². The highest BCUT2D eigenvalue weighted by Gasteiger charge is 2.72. The molecule has 4 unspecified atom stereocenters. The Hall–Kier alpha value is 0.270. The van der Waals surface area contributed by atoms with Crippen LogP contribution in [0.25, 0.3) is 0 Å². The molecule has 0 aliphatic carbocycles. The van der Waals surface area contributed by atoms with Crippen molar-refractivity contribution in [1.29, 1.82) is 0 Å². The van der Waals surface area contributed by atoms with E-state index in [1.807, 2.05) is 0 Å². The maximum Gasteiger partial charge on any atom is 0.0389 e. The molecule has 2 bridgehead atoms. The topological polar surface area (TPSA) is 24.1 Å². The predicted octanol–water partition coefficient (Wildman–Crippen LogP) is -0.835. The Kier molecular flexibility index (Phi) is 0.452. The van der Waals surface area contributed by atoms with Gasteiger partial charge in [0.15, 0.2) is 0 Å². The van der Waals surface area contributed by atoms with Gasteiger partial charge in [-0.2, -0.15) is 0 Å². The Morgan fingerprint density at radius 2 is 1.22 bits per heavy atom. The Morgan fingerprint density at radius 1 is 0.778 bits per heavy atom. The first kappa shape index (κ1) is 4.21. The van der Waals surface area contributed by atoms with E-state index in [9.17, 15) is 0 Å². The van der Waals surface area contributed by atoms with Gasteiger partial charge in [0.25, 0.3) is 0 Å². The van der Waals surface area contributed by atoms with Crippen LogP contribution < -0.4 is 10.6 Å². The van der Waals surface area contributed by atoms with Crippen molar-refractivity contribution in [3.8, 4) is 0 Å². The zero-order chi connectivity index (χ0) is 5.59. The van der Waals surface area contributed by atoms with Gasteiger partial charge in [0.1, 0.15) is 0 Å². The summed E-state index contributed by atoms with van der Waals surface area (Å²) < 4.78 is 0. The normalized spacial score (nSPS) is 80.0. The van der Waals surface area contributed by atoms with Gasteiger partial charge < -0.3 is 10.6 Å².